The number of hydrogen-bond acceptors (Lipinski definition) is 5. The highest BCUT2D eigenvalue weighted by Gasteiger charge is 2.22. The van der Waals surface area contributed by atoms with Crippen molar-refractivity contribution in [2.24, 2.45) is 0 Å². The van der Waals surface area contributed by atoms with Crippen molar-refractivity contribution < 1.29 is 4.79 Å². The zero-order valence-electron chi connectivity index (χ0n) is 13.5. The van der Waals surface area contributed by atoms with Gasteiger partial charge in [0.2, 0.25) is 11.1 Å². The molecule has 1 aliphatic rings. The first kappa shape index (κ1) is 16.5. The Labute approximate surface area is 145 Å². The Bertz CT molecular complexity index is 743. The van der Waals surface area contributed by atoms with Gasteiger partial charge < -0.3 is 5.32 Å². The molecule has 1 aromatic heterocycles. The van der Waals surface area contributed by atoms with Crippen LogP contribution in [0.25, 0.3) is 0 Å². The number of carbonyl (C=O) groups is 1. The zero-order chi connectivity index (χ0) is 16.9. The predicted octanol–water partition coefficient (Wildman–Crippen LogP) is 3.45. The van der Waals surface area contributed by atoms with Crippen LogP contribution in [0.3, 0.4) is 0 Å². The smallest absolute Gasteiger partial charge is 0.237 e. The van der Waals surface area contributed by atoms with Gasteiger partial charge in [0.25, 0.3) is 0 Å². The van der Waals surface area contributed by atoms with Gasteiger partial charge in [0.05, 0.1) is 16.9 Å². The van der Waals surface area contributed by atoms with Crippen LogP contribution < -0.4 is 5.32 Å². The fourth-order valence-electron chi connectivity index (χ4n) is 2.78. The molecular formula is C17H19N5OS. The van der Waals surface area contributed by atoms with Gasteiger partial charge in [-0.25, -0.2) is 4.98 Å². The fourth-order valence-corrected chi connectivity index (χ4v) is 3.51. The fraction of sp³-hybridized carbons (Fsp3) is 0.412. The van der Waals surface area contributed by atoms with Crippen LogP contribution in [0.4, 0.5) is 5.69 Å². The van der Waals surface area contributed by atoms with Crippen molar-refractivity contribution in [3.8, 4) is 6.07 Å². The van der Waals surface area contributed by atoms with E-state index in [1.165, 1.54) is 24.6 Å². The highest BCUT2D eigenvalue weighted by molar-refractivity contribution is 8.00. The summed E-state index contributed by atoms with van der Waals surface area (Å²) >= 11 is 1.34. The normalized spacial score (nSPS) is 15.8. The molecule has 1 aromatic carbocycles. The Morgan fingerprint density at radius 3 is 2.75 bits per heavy atom. The Morgan fingerprint density at radius 2 is 2.08 bits per heavy atom. The minimum Gasteiger partial charge on any atom is -0.325 e. The van der Waals surface area contributed by atoms with Gasteiger partial charge in [-0.1, -0.05) is 24.6 Å². The van der Waals surface area contributed by atoms with E-state index in [0.29, 0.717) is 22.3 Å². The Kier molecular flexibility index (Phi) is 5.16. The molecule has 0 bridgehead atoms. The molecule has 2 aromatic rings. The number of benzene rings is 1. The molecule has 0 unspecified atom stereocenters. The van der Waals surface area contributed by atoms with Crippen molar-refractivity contribution >= 4 is 23.4 Å². The number of nitriles is 1. The Hall–Kier alpha value is -2.33. The summed E-state index contributed by atoms with van der Waals surface area (Å²) in [6, 6.07) is 8.85. The van der Waals surface area contributed by atoms with Gasteiger partial charge in [0.1, 0.15) is 5.82 Å². The molecular weight excluding hydrogens is 322 g/mol. The first-order chi connectivity index (χ1) is 11.7. The van der Waals surface area contributed by atoms with Gasteiger partial charge in [-0.15, -0.1) is 5.10 Å². The third-order valence-corrected chi connectivity index (χ3v) is 5.12. The number of aromatic nitrogens is 3. The lowest BCUT2D eigenvalue weighted by Gasteiger charge is -2.10. The number of nitrogens with one attached hydrogen (secondary N) is 2. The average Bonchev–Trinajstić information content (AvgIpc) is 3.26. The van der Waals surface area contributed by atoms with Crippen molar-refractivity contribution in [1.29, 1.82) is 5.26 Å². The second-order valence-electron chi connectivity index (χ2n) is 5.92. The first-order valence-corrected chi connectivity index (χ1v) is 8.93. The van der Waals surface area contributed by atoms with Crippen LogP contribution in [0, 0.1) is 11.3 Å². The molecule has 1 fully saturated rings. The maximum Gasteiger partial charge on any atom is 0.237 e. The van der Waals surface area contributed by atoms with Gasteiger partial charge >= 0.3 is 0 Å². The van der Waals surface area contributed by atoms with Crippen molar-refractivity contribution in [3.63, 3.8) is 0 Å². The maximum atomic E-state index is 12.3. The third-order valence-electron chi connectivity index (χ3n) is 4.16. The van der Waals surface area contributed by atoms with Crippen molar-refractivity contribution in [3.05, 3.63) is 35.7 Å². The molecule has 24 heavy (non-hydrogen) atoms. The minimum absolute atomic E-state index is 0.114. The number of carbonyl (C=O) groups excluding carboxylic acids is 1. The summed E-state index contributed by atoms with van der Waals surface area (Å²) in [6.07, 6.45) is 4.82. The van der Waals surface area contributed by atoms with E-state index < -0.39 is 0 Å². The number of anilines is 1. The summed E-state index contributed by atoms with van der Waals surface area (Å²) in [5, 5.41) is 19.2. The lowest BCUT2D eigenvalue weighted by molar-refractivity contribution is -0.115. The summed E-state index contributed by atoms with van der Waals surface area (Å²) in [5.41, 5.74) is 1.24. The van der Waals surface area contributed by atoms with Crippen molar-refractivity contribution in [1.82, 2.24) is 15.2 Å². The van der Waals surface area contributed by atoms with Gasteiger partial charge in [-0.2, -0.15) is 5.26 Å². The molecule has 1 saturated carbocycles. The van der Waals surface area contributed by atoms with Crippen LogP contribution >= 0.6 is 11.8 Å². The number of amides is 1. The summed E-state index contributed by atoms with van der Waals surface area (Å²) in [5.74, 6) is 1.31. The summed E-state index contributed by atoms with van der Waals surface area (Å²) in [4.78, 5) is 16.8. The maximum absolute atomic E-state index is 12.3. The molecule has 124 valence electrons. The standard InChI is InChI=1S/C17H19N5OS/c1-11(16(23)19-14-8-6-12(10-18)7-9-14)24-17-20-15(21-22-17)13-4-2-3-5-13/h6-9,11,13H,2-5H2,1H3,(H,19,23)(H,20,21,22)/t11-/m0/s1. The van der Waals surface area contributed by atoms with Crippen LogP contribution in [0.1, 0.15) is 49.9 Å². The number of thioether (sulfide) groups is 1. The van der Waals surface area contributed by atoms with E-state index in [-0.39, 0.29) is 11.2 Å². The van der Waals surface area contributed by atoms with E-state index >= 15 is 0 Å². The molecule has 1 heterocycles. The van der Waals surface area contributed by atoms with Crippen molar-refractivity contribution in [2.75, 3.05) is 5.32 Å². The summed E-state index contributed by atoms with van der Waals surface area (Å²) in [6.45, 7) is 1.83. The number of hydrogen-bond donors (Lipinski definition) is 2. The van der Waals surface area contributed by atoms with Crippen LogP contribution in [-0.2, 0) is 4.79 Å². The van der Waals surface area contributed by atoms with Gasteiger partial charge in [0, 0.05) is 11.6 Å². The Balaban J connectivity index is 1.56. The lowest BCUT2D eigenvalue weighted by Crippen LogP contribution is -2.22. The molecule has 0 radical (unpaired) electrons. The van der Waals surface area contributed by atoms with Gasteiger partial charge in [-0.05, 0) is 44.0 Å². The predicted molar refractivity (Wildman–Crippen MR) is 92.7 cm³/mol. The molecule has 2 N–H and O–H groups in total. The summed E-state index contributed by atoms with van der Waals surface area (Å²) < 4.78 is 0. The average molecular weight is 341 g/mol. The zero-order valence-corrected chi connectivity index (χ0v) is 14.3. The molecule has 1 atom stereocenters. The van der Waals surface area contributed by atoms with E-state index in [9.17, 15) is 4.79 Å². The highest BCUT2D eigenvalue weighted by Crippen LogP contribution is 2.33. The molecule has 6 nitrogen and oxygen atoms in total. The molecule has 3 rings (SSSR count). The topological polar surface area (TPSA) is 94.5 Å². The number of H-pyrrole nitrogens is 1. The molecule has 0 aliphatic heterocycles. The molecule has 0 spiro atoms. The van der Waals surface area contributed by atoms with Crippen LogP contribution in [-0.4, -0.2) is 26.3 Å². The van der Waals surface area contributed by atoms with Crippen LogP contribution in [0.5, 0.6) is 0 Å². The van der Waals surface area contributed by atoms with E-state index in [4.69, 9.17) is 5.26 Å². The number of nitrogens with zero attached hydrogens (tertiary/aromatic N) is 3. The number of rotatable bonds is 5. The van der Waals surface area contributed by atoms with E-state index in [1.807, 2.05) is 6.92 Å². The van der Waals surface area contributed by atoms with E-state index in [1.54, 1.807) is 24.3 Å². The third kappa shape index (κ3) is 3.95. The second-order valence-corrected chi connectivity index (χ2v) is 7.23. The van der Waals surface area contributed by atoms with Crippen LogP contribution in [0.2, 0.25) is 0 Å². The largest absolute Gasteiger partial charge is 0.325 e. The van der Waals surface area contributed by atoms with Gasteiger partial charge in [-0.3, -0.25) is 9.89 Å². The monoisotopic (exact) mass is 341 g/mol. The number of aromatic amines is 1. The summed E-state index contributed by atoms with van der Waals surface area (Å²) in [7, 11) is 0. The van der Waals surface area contributed by atoms with Crippen LogP contribution in [0.15, 0.2) is 29.4 Å². The van der Waals surface area contributed by atoms with Crippen molar-refractivity contribution in [2.45, 2.75) is 48.9 Å². The van der Waals surface area contributed by atoms with E-state index in [2.05, 4.69) is 26.6 Å². The van der Waals surface area contributed by atoms with E-state index in [0.717, 1.165) is 18.7 Å². The SMILES string of the molecule is C[C@H](Sc1n[nH]c(C2CCCC2)n1)C(=O)Nc1ccc(C#N)cc1. The lowest BCUT2D eigenvalue weighted by atomic mass is 10.1. The highest BCUT2D eigenvalue weighted by atomic mass is 32.2. The van der Waals surface area contributed by atoms with Gasteiger partial charge in [0.15, 0.2) is 0 Å². The first-order valence-electron chi connectivity index (χ1n) is 8.05. The Morgan fingerprint density at radius 1 is 1.38 bits per heavy atom. The quantitative estimate of drug-likeness (QED) is 0.812. The minimum atomic E-state index is -0.312. The molecule has 1 amide bonds. The second kappa shape index (κ2) is 7.49. The molecule has 1 aliphatic carbocycles. The molecule has 7 heteroatoms. The molecule has 0 saturated heterocycles.